The number of carboxylic acid groups (broad SMARTS) is 1. The molecule has 0 bridgehead atoms. The van der Waals surface area contributed by atoms with Crippen molar-refractivity contribution < 1.29 is 33.7 Å². The third-order valence-electron chi connectivity index (χ3n) is 6.13. The second-order valence-electron chi connectivity index (χ2n) is 8.53. The van der Waals surface area contributed by atoms with Gasteiger partial charge in [0.1, 0.15) is 17.6 Å². The summed E-state index contributed by atoms with van der Waals surface area (Å²) in [5.74, 6) is -0.918. The number of unbranched alkanes of at least 4 members (excludes halogenated alkanes) is 1. The van der Waals surface area contributed by atoms with Gasteiger partial charge in [-0.3, -0.25) is 15.0 Å². The van der Waals surface area contributed by atoms with Crippen LogP contribution >= 0.6 is 0 Å². The molecule has 36 heavy (non-hydrogen) atoms. The molecule has 190 valence electrons. The minimum Gasteiger partial charge on any atom is -0.494 e. The largest absolute Gasteiger partial charge is 0.494 e. The van der Waals surface area contributed by atoms with Crippen molar-refractivity contribution in [3.05, 3.63) is 53.6 Å². The number of nitrogens with zero attached hydrogens (tertiary/aromatic N) is 2. The van der Waals surface area contributed by atoms with Gasteiger partial charge in [0.2, 0.25) is 6.79 Å². The zero-order valence-corrected chi connectivity index (χ0v) is 19.6. The van der Waals surface area contributed by atoms with E-state index in [9.17, 15) is 19.5 Å². The molecule has 11 heteroatoms. The smallest absolute Gasteiger partial charge is 0.326 e. The first-order chi connectivity index (χ1) is 17.3. The molecule has 4 N–H and O–H groups in total. The Bertz CT molecular complexity index is 1150. The number of fused-ring (bicyclic) bond motifs is 1. The van der Waals surface area contributed by atoms with Gasteiger partial charge < -0.3 is 34.9 Å². The maximum absolute atomic E-state index is 12.8. The van der Waals surface area contributed by atoms with Crippen LogP contribution in [0.4, 0.5) is 0 Å². The molecule has 0 spiro atoms. The highest BCUT2D eigenvalue weighted by Gasteiger charge is 2.39. The van der Waals surface area contributed by atoms with Gasteiger partial charge in [-0.25, -0.2) is 4.79 Å². The molecule has 2 aliphatic heterocycles. The highest BCUT2D eigenvalue weighted by atomic mass is 16.7. The van der Waals surface area contributed by atoms with E-state index in [2.05, 4.69) is 0 Å². The Morgan fingerprint density at radius 1 is 1.06 bits per heavy atom. The van der Waals surface area contributed by atoms with Gasteiger partial charge in [0.25, 0.3) is 0 Å². The second-order valence-corrected chi connectivity index (χ2v) is 8.53. The molecule has 1 saturated heterocycles. The van der Waals surface area contributed by atoms with Crippen LogP contribution in [-0.4, -0.2) is 77.6 Å². The summed E-state index contributed by atoms with van der Waals surface area (Å²) < 4.78 is 16.3. The molecule has 0 saturated carbocycles. The predicted octanol–water partition coefficient (Wildman–Crippen LogP) is 1.23. The number of aliphatic carboxylic acids is 1. The lowest BCUT2D eigenvalue weighted by molar-refractivity contribution is -0.162. The van der Waals surface area contributed by atoms with E-state index in [1.54, 1.807) is 42.5 Å². The van der Waals surface area contributed by atoms with Crippen molar-refractivity contribution in [1.29, 1.82) is 5.41 Å². The van der Waals surface area contributed by atoms with E-state index in [0.29, 0.717) is 54.4 Å². The summed E-state index contributed by atoms with van der Waals surface area (Å²) in [5.41, 5.74) is 6.72. The number of carbonyl (C=O) groups is 3. The van der Waals surface area contributed by atoms with Gasteiger partial charge in [-0.15, -0.1) is 0 Å². The minimum atomic E-state index is -1.17. The van der Waals surface area contributed by atoms with Crippen LogP contribution in [0.2, 0.25) is 0 Å². The molecule has 2 amide bonds. The summed E-state index contributed by atoms with van der Waals surface area (Å²) in [4.78, 5) is 40.0. The Morgan fingerprint density at radius 3 is 2.53 bits per heavy atom. The van der Waals surface area contributed by atoms with Gasteiger partial charge >= 0.3 is 17.8 Å². The molecule has 1 unspecified atom stereocenters. The number of ether oxygens (including phenoxy) is 3. The van der Waals surface area contributed by atoms with Crippen LogP contribution in [0.5, 0.6) is 17.2 Å². The van der Waals surface area contributed by atoms with Crippen molar-refractivity contribution >= 4 is 23.6 Å². The number of nitrogens with two attached hydrogens (primary N) is 1. The Hall–Kier alpha value is -4.28. The summed E-state index contributed by atoms with van der Waals surface area (Å²) >= 11 is 0. The third kappa shape index (κ3) is 5.68. The van der Waals surface area contributed by atoms with Crippen LogP contribution in [0.3, 0.4) is 0 Å². The molecule has 0 aliphatic carbocycles. The second kappa shape index (κ2) is 11.0. The lowest BCUT2D eigenvalue weighted by Crippen LogP contribution is -2.59. The SMILES string of the molecule is N=C(N)c1ccc(OCCCCN2CCN(C(Cc3ccc4c(c3)OCO4)C(=O)O)C(=O)C2=O)cc1. The molecule has 2 heterocycles. The zero-order valence-electron chi connectivity index (χ0n) is 19.6. The van der Waals surface area contributed by atoms with Crippen molar-refractivity contribution in [2.45, 2.75) is 25.3 Å². The van der Waals surface area contributed by atoms with E-state index in [4.69, 9.17) is 25.4 Å². The lowest BCUT2D eigenvalue weighted by Gasteiger charge is -2.37. The van der Waals surface area contributed by atoms with E-state index in [1.165, 1.54) is 4.90 Å². The number of carbonyl (C=O) groups excluding carboxylic acids is 2. The van der Waals surface area contributed by atoms with Crippen molar-refractivity contribution in [3.8, 4) is 17.2 Å². The van der Waals surface area contributed by atoms with Crippen LogP contribution in [0.1, 0.15) is 24.0 Å². The molecular formula is C25H28N4O7. The molecule has 1 atom stereocenters. The fourth-order valence-electron chi connectivity index (χ4n) is 4.15. The maximum atomic E-state index is 12.8. The van der Waals surface area contributed by atoms with Gasteiger partial charge in [0, 0.05) is 31.6 Å². The molecule has 4 rings (SSSR count). The fourth-order valence-corrected chi connectivity index (χ4v) is 4.15. The number of rotatable bonds is 11. The number of piperazine rings is 1. The Morgan fingerprint density at radius 2 is 1.81 bits per heavy atom. The van der Waals surface area contributed by atoms with Gasteiger partial charge in [-0.2, -0.15) is 0 Å². The Kier molecular flexibility index (Phi) is 7.57. The molecule has 2 aromatic rings. The number of hydrogen-bond acceptors (Lipinski definition) is 7. The molecule has 1 fully saturated rings. The Balaban J connectivity index is 1.25. The molecular weight excluding hydrogens is 468 g/mol. The zero-order chi connectivity index (χ0) is 25.7. The number of amidine groups is 1. The van der Waals surface area contributed by atoms with Crippen LogP contribution < -0.4 is 19.9 Å². The summed E-state index contributed by atoms with van der Waals surface area (Å²) in [6.07, 6.45) is 1.35. The van der Waals surface area contributed by atoms with Crippen molar-refractivity contribution in [1.82, 2.24) is 9.80 Å². The van der Waals surface area contributed by atoms with E-state index in [-0.39, 0.29) is 32.1 Å². The number of benzene rings is 2. The quantitative estimate of drug-likeness (QED) is 0.182. The van der Waals surface area contributed by atoms with Crippen LogP contribution in [0.25, 0.3) is 0 Å². The lowest BCUT2D eigenvalue weighted by atomic mass is 10.0. The first-order valence-corrected chi connectivity index (χ1v) is 11.6. The van der Waals surface area contributed by atoms with Gasteiger partial charge in [0.15, 0.2) is 11.5 Å². The van der Waals surface area contributed by atoms with Gasteiger partial charge in [0.05, 0.1) is 6.61 Å². The number of carboxylic acids is 1. The predicted molar refractivity (Wildman–Crippen MR) is 128 cm³/mol. The molecule has 0 aromatic heterocycles. The standard InChI is InChI=1S/C25H28N4O7/c26-22(27)17-4-6-18(7-5-17)34-12-2-1-9-28-10-11-29(24(31)23(28)30)19(25(32)33)13-16-3-8-20-21(14-16)36-15-35-20/h3-8,14,19H,1-2,9-13,15H2,(H3,26,27)(H,32,33). The van der Waals surface area contributed by atoms with Crippen molar-refractivity contribution in [2.75, 3.05) is 33.0 Å². The van der Waals surface area contributed by atoms with E-state index in [0.717, 1.165) is 4.90 Å². The third-order valence-corrected chi connectivity index (χ3v) is 6.13. The van der Waals surface area contributed by atoms with Crippen LogP contribution in [0, 0.1) is 5.41 Å². The van der Waals surface area contributed by atoms with E-state index in [1.807, 2.05) is 0 Å². The normalized spacial score (nSPS) is 15.7. The van der Waals surface area contributed by atoms with E-state index < -0.39 is 23.8 Å². The number of amides is 2. The van der Waals surface area contributed by atoms with Gasteiger partial charge in [-0.1, -0.05) is 6.07 Å². The Labute approximate surface area is 207 Å². The molecule has 2 aromatic carbocycles. The monoisotopic (exact) mass is 496 g/mol. The molecule has 2 aliphatic rings. The number of nitrogen functional groups attached to an aromatic ring is 1. The first-order valence-electron chi connectivity index (χ1n) is 11.6. The molecule has 0 radical (unpaired) electrons. The van der Waals surface area contributed by atoms with Crippen molar-refractivity contribution in [3.63, 3.8) is 0 Å². The highest BCUT2D eigenvalue weighted by Crippen LogP contribution is 2.33. The first kappa shape index (κ1) is 24.8. The minimum absolute atomic E-state index is 0.0107. The fraction of sp³-hybridized carbons (Fsp3) is 0.360. The van der Waals surface area contributed by atoms with Crippen LogP contribution in [0.15, 0.2) is 42.5 Å². The maximum Gasteiger partial charge on any atom is 0.326 e. The summed E-state index contributed by atoms with van der Waals surface area (Å²) in [6.45, 7) is 1.33. The number of hydrogen-bond donors (Lipinski definition) is 3. The van der Waals surface area contributed by atoms with Crippen LogP contribution in [-0.2, 0) is 20.8 Å². The van der Waals surface area contributed by atoms with Gasteiger partial charge in [-0.05, 0) is 54.8 Å². The average molecular weight is 497 g/mol. The van der Waals surface area contributed by atoms with Crippen molar-refractivity contribution in [2.24, 2.45) is 5.73 Å². The van der Waals surface area contributed by atoms with E-state index >= 15 is 0 Å². The molecule has 11 nitrogen and oxygen atoms in total. The topological polar surface area (TPSA) is 155 Å². The average Bonchev–Trinajstić information content (AvgIpc) is 3.33. The summed E-state index contributed by atoms with van der Waals surface area (Å²) in [6, 6.07) is 10.9. The summed E-state index contributed by atoms with van der Waals surface area (Å²) in [7, 11) is 0. The summed E-state index contributed by atoms with van der Waals surface area (Å²) in [5, 5.41) is 17.2. The highest BCUT2D eigenvalue weighted by molar-refractivity contribution is 6.35. The number of nitrogens with one attached hydrogen (secondary N) is 1.